The molecular formula is C10H13BrN2. The maximum atomic E-state index is 6.25. The number of benzene rings is 1. The van der Waals surface area contributed by atoms with Crippen molar-refractivity contribution in [2.24, 2.45) is 5.73 Å². The molecular weight excluding hydrogens is 228 g/mol. The van der Waals surface area contributed by atoms with Crippen LogP contribution in [0, 0.1) is 0 Å². The summed E-state index contributed by atoms with van der Waals surface area (Å²) in [7, 11) is 0. The highest BCUT2D eigenvalue weighted by atomic mass is 79.9. The lowest BCUT2D eigenvalue weighted by Crippen LogP contribution is -2.38. The van der Waals surface area contributed by atoms with Gasteiger partial charge >= 0.3 is 0 Å². The summed E-state index contributed by atoms with van der Waals surface area (Å²) >= 11 is 3.42. The zero-order chi connectivity index (χ0) is 9.31. The van der Waals surface area contributed by atoms with E-state index in [1.54, 1.807) is 0 Å². The van der Waals surface area contributed by atoms with Crippen LogP contribution in [0.4, 0.5) is 0 Å². The van der Waals surface area contributed by atoms with Gasteiger partial charge in [0.05, 0.1) is 5.54 Å². The molecule has 1 atom stereocenters. The quantitative estimate of drug-likeness (QED) is 0.783. The second-order valence-corrected chi connectivity index (χ2v) is 4.51. The summed E-state index contributed by atoms with van der Waals surface area (Å²) in [4.78, 5) is 0. The molecule has 0 unspecified atom stereocenters. The van der Waals surface area contributed by atoms with Gasteiger partial charge in [-0.3, -0.25) is 0 Å². The van der Waals surface area contributed by atoms with Crippen molar-refractivity contribution in [2.75, 3.05) is 13.1 Å². The molecule has 0 bridgehead atoms. The maximum absolute atomic E-state index is 6.25. The van der Waals surface area contributed by atoms with Crippen molar-refractivity contribution in [2.45, 2.75) is 12.0 Å². The minimum absolute atomic E-state index is 0.152. The SMILES string of the molecule is N[C@@]1(c2ccc(Br)cc2)CCNC1. The van der Waals surface area contributed by atoms with E-state index in [4.69, 9.17) is 5.73 Å². The van der Waals surface area contributed by atoms with E-state index in [9.17, 15) is 0 Å². The second-order valence-electron chi connectivity index (χ2n) is 3.59. The highest BCUT2D eigenvalue weighted by molar-refractivity contribution is 9.10. The van der Waals surface area contributed by atoms with Crippen LogP contribution in [0.5, 0.6) is 0 Å². The molecule has 1 aromatic carbocycles. The van der Waals surface area contributed by atoms with Gasteiger partial charge in [0.25, 0.3) is 0 Å². The van der Waals surface area contributed by atoms with Crippen molar-refractivity contribution in [1.82, 2.24) is 5.32 Å². The van der Waals surface area contributed by atoms with Gasteiger partial charge in [0.1, 0.15) is 0 Å². The molecule has 3 heteroatoms. The Labute approximate surface area is 86.6 Å². The number of nitrogens with one attached hydrogen (secondary N) is 1. The molecule has 1 heterocycles. The molecule has 1 saturated heterocycles. The van der Waals surface area contributed by atoms with E-state index in [0.717, 1.165) is 24.0 Å². The van der Waals surface area contributed by atoms with E-state index in [1.807, 2.05) is 12.1 Å². The Morgan fingerprint density at radius 2 is 2.00 bits per heavy atom. The zero-order valence-corrected chi connectivity index (χ0v) is 8.97. The molecule has 13 heavy (non-hydrogen) atoms. The molecule has 1 aromatic rings. The van der Waals surface area contributed by atoms with E-state index in [2.05, 4.69) is 33.4 Å². The highest BCUT2D eigenvalue weighted by Crippen LogP contribution is 2.25. The van der Waals surface area contributed by atoms with Crippen LogP contribution < -0.4 is 11.1 Å². The Morgan fingerprint density at radius 3 is 2.54 bits per heavy atom. The molecule has 0 spiro atoms. The van der Waals surface area contributed by atoms with Crippen molar-refractivity contribution in [1.29, 1.82) is 0 Å². The number of nitrogens with two attached hydrogens (primary N) is 1. The summed E-state index contributed by atoms with van der Waals surface area (Å²) in [6.07, 6.45) is 1.02. The Bertz CT molecular complexity index is 288. The van der Waals surface area contributed by atoms with Crippen LogP contribution in [0.25, 0.3) is 0 Å². The van der Waals surface area contributed by atoms with Gasteiger partial charge in [0.15, 0.2) is 0 Å². The molecule has 2 rings (SSSR count). The minimum atomic E-state index is -0.152. The Morgan fingerprint density at radius 1 is 1.31 bits per heavy atom. The van der Waals surface area contributed by atoms with Crippen molar-refractivity contribution in [3.05, 3.63) is 34.3 Å². The van der Waals surface area contributed by atoms with Crippen LogP contribution in [0.3, 0.4) is 0 Å². The van der Waals surface area contributed by atoms with Crippen molar-refractivity contribution < 1.29 is 0 Å². The third-order valence-electron chi connectivity index (χ3n) is 2.61. The second kappa shape index (κ2) is 3.40. The van der Waals surface area contributed by atoms with Crippen molar-refractivity contribution in [3.63, 3.8) is 0 Å². The first-order chi connectivity index (χ1) is 6.21. The molecule has 1 aliphatic heterocycles. The summed E-state index contributed by atoms with van der Waals surface area (Å²) in [6.45, 7) is 1.90. The standard InChI is InChI=1S/C10H13BrN2/c11-9-3-1-8(2-4-9)10(12)5-6-13-7-10/h1-4,13H,5-7,12H2/t10-/m0/s1. The van der Waals surface area contributed by atoms with Crippen LogP contribution in [0.15, 0.2) is 28.7 Å². The number of halogens is 1. The third-order valence-corrected chi connectivity index (χ3v) is 3.14. The molecule has 0 radical (unpaired) electrons. The van der Waals surface area contributed by atoms with Crippen LogP contribution in [0.1, 0.15) is 12.0 Å². The monoisotopic (exact) mass is 240 g/mol. The molecule has 1 fully saturated rings. The molecule has 70 valence electrons. The average molecular weight is 241 g/mol. The normalized spacial score (nSPS) is 27.8. The minimum Gasteiger partial charge on any atom is -0.320 e. The predicted octanol–water partition coefficient (Wildman–Crippen LogP) is 1.60. The predicted molar refractivity (Wildman–Crippen MR) is 57.5 cm³/mol. The van der Waals surface area contributed by atoms with Crippen molar-refractivity contribution in [3.8, 4) is 0 Å². The van der Waals surface area contributed by atoms with E-state index in [1.165, 1.54) is 5.56 Å². The first-order valence-electron chi connectivity index (χ1n) is 4.46. The fourth-order valence-electron chi connectivity index (χ4n) is 1.74. The smallest absolute Gasteiger partial charge is 0.0548 e. The van der Waals surface area contributed by atoms with Gasteiger partial charge in [-0.05, 0) is 30.7 Å². The maximum Gasteiger partial charge on any atom is 0.0548 e. The van der Waals surface area contributed by atoms with Gasteiger partial charge in [-0.2, -0.15) is 0 Å². The summed E-state index contributed by atoms with van der Waals surface area (Å²) in [5, 5.41) is 3.29. The number of hydrogen-bond donors (Lipinski definition) is 2. The van der Waals surface area contributed by atoms with Gasteiger partial charge in [0.2, 0.25) is 0 Å². The number of hydrogen-bond acceptors (Lipinski definition) is 2. The number of rotatable bonds is 1. The molecule has 0 amide bonds. The summed E-state index contributed by atoms with van der Waals surface area (Å²) in [5.41, 5.74) is 7.32. The van der Waals surface area contributed by atoms with Crippen LogP contribution >= 0.6 is 15.9 Å². The zero-order valence-electron chi connectivity index (χ0n) is 7.39. The molecule has 0 saturated carbocycles. The summed E-state index contributed by atoms with van der Waals surface area (Å²) in [6, 6.07) is 8.28. The Kier molecular flexibility index (Phi) is 2.41. The van der Waals surface area contributed by atoms with Gasteiger partial charge in [-0.25, -0.2) is 0 Å². The van der Waals surface area contributed by atoms with E-state index in [0.29, 0.717) is 0 Å². The first-order valence-corrected chi connectivity index (χ1v) is 5.26. The Balaban J connectivity index is 2.29. The summed E-state index contributed by atoms with van der Waals surface area (Å²) < 4.78 is 1.10. The average Bonchev–Trinajstić information content (AvgIpc) is 2.54. The molecule has 1 aliphatic rings. The van der Waals surface area contributed by atoms with E-state index >= 15 is 0 Å². The molecule has 0 aromatic heterocycles. The lowest BCUT2D eigenvalue weighted by Gasteiger charge is -2.23. The summed E-state index contributed by atoms with van der Waals surface area (Å²) in [5.74, 6) is 0. The van der Waals surface area contributed by atoms with Gasteiger partial charge in [-0.1, -0.05) is 28.1 Å². The molecule has 0 aliphatic carbocycles. The highest BCUT2D eigenvalue weighted by Gasteiger charge is 2.30. The topological polar surface area (TPSA) is 38.0 Å². The molecule has 2 nitrogen and oxygen atoms in total. The first kappa shape index (κ1) is 9.19. The van der Waals surface area contributed by atoms with Crippen LogP contribution in [0.2, 0.25) is 0 Å². The van der Waals surface area contributed by atoms with E-state index < -0.39 is 0 Å². The van der Waals surface area contributed by atoms with Gasteiger partial charge in [0, 0.05) is 11.0 Å². The third kappa shape index (κ3) is 1.77. The lowest BCUT2D eigenvalue weighted by molar-refractivity contribution is 0.494. The van der Waals surface area contributed by atoms with Gasteiger partial charge in [-0.15, -0.1) is 0 Å². The van der Waals surface area contributed by atoms with Gasteiger partial charge < -0.3 is 11.1 Å². The van der Waals surface area contributed by atoms with Crippen LogP contribution in [-0.2, 0) is 5.54 Å². The fourth-order valence-corrected chi connectivity index (χ4v) is 2.00. The Hall–Kier alpha value is -0.380. The lowest BCUT2D eigenvalue weighted by atomic mass is 9.90. The van der Waals surface area contributed by atoms with E-state index in [-0.39, 0.29) is 5.54 Å². The molecule has 3 N–H and O–H groups in total. The fraction of sp³-hybridized carbons (Fsp3) is 0.400. The van der Waals surface area contributed by atoms with Crippen molar-refractivity contribution >= 4 is 15.9 Å². The largest absolute Gasteiger partial charge is 0.320 e. The van der Waals surface area contributed by atoms with Crippen LogP contribution in [-0.4, -0.2) is 13.1 Å².